The Hall–Kier alpha value is -2.04. The maximum atomic E-state index is 12.0. The van der Waals surface area contributed by atoms with Gasteiger partial charge in [0.1, 0.15) is 10.7 Å². The Bertz CT molecular complexity index is 643. The molecular formula is C12H10N4OS2. The predicted octanol–water partition coefficient (Wildman–Crippen LogP) is 2.57. The van der Waals surface area contributed by atoms with Gasteiger partial charge in [0.05, 0.1) is 11.6 Å². The number of nitriles is 1. The molecule has 0 saturated heterocycles. The number of amides is 1. The Morgan fingerprint density at radius 3 is 2.68 bits per heavy atom. The normalized spacial score (nSPS) is 9.89. The molecule has 7 heteroatoms. The van der Waals surface area contributed by atoms with Crippen molar-refractivity contribution >= 4 is 40.5 Å². The third kappa shape index (κ3) is 3.05. The molecule has 0 atom stereocenters. The minimum Gasteiger partial charge on any atom is -0.382 e. The number of carbonyl (C=O) groups is 1. The molecule has 0 aliphatic heterocycles. The summed E-state index contributed by atoms with van der Waals surface area (Å²) < 4.78 is 0.752. The Balaban J connectivity index is 2.16. The van der Waals surface area contributed by atoms with Crippen molar-refractivity contribution in [2.24, 2.45) is 0 Å². The van der Waals surface area contributed by atoms with E-state index in [1.54, 1.807) is 24.3 Å². The van der Waals surface area contributed by atoms with Crippen LogP contribution in [0.4, 0.5) is 11.5 Å². The SMILES string of the molecule is CSc1nc(N)c(C(=O)Nc2ccc(C#N)cc2)s1. The average molecular weight is 290 g/mol. The van der Waals surface area contributed by atoms with E-state index in [9.17, 15) is 4.79 Å². The van der Waals surface area contributed by atoms with E-state index in [2.05, 4.69) is 10.3 Å². The zero-order valence-electron chi connectivity index (χ0n) is 10.0. The third-order valence-corrected chi connectivity index (χ3v) is 4.34. The standard InChI is InChI=1S/C12H10N4OS2/c1-18-12-16-10(14)9(19-12)11(17)15-8-4-2-7(6-13)3-5-8/h2-5H,14H2,1H3,(H,15,17). The van der Waals surface area contributed by atoms with E-state index in [0.717, 1.165) is 4.34 Å². The number of benzene rings is 1. The fraction of sp³-hybridized carbons (Fsp3) is 0.0833. The molecule has 1 aromatic heterocycles. The van der Waals surface area contributed by atoms with Crippen LogP contribution in [0.25, 0.3) is 0 Å². The van der Waals surface area contributed by atoms with Gasteiger partial charge in [-0.2, -0.15) is 5.26 Å². The number of carbonyl (C=O) groups excluding carboxylic acids is 1. The Kier molecular flexibility index (Phi) is 4.04. The van der Waals surface area contributed by atoms with Crippen molar-refractivity contribution in [1.29, 1.82) is 5.26 Å². The van der Waals surface area contributed by atoms with Gasteiger partial charge in [0.15, 0.2) is 4.34 Å². The number of nitrogens with one attached hydrogen (secondary N) is 1. The molecule has 0 saturated carbocycles. The molecule has 1 amide bonds. The van der Waals surface area contributed by atoms with Gasteiger partial charge < -0.3 is 11.1 Å². The summed E-state index contributed by atoms with van der Waals surface area (Å²) in [5.74, 6) is -0.0551. The zero-order chi connectivity index (χ0) is 13.8. The first-order valence-electron chi connectivity index (χ1n) is 5.26. The number of anilines is 2. The largest absolute Gasteiger partial charge is 0.382 e. The molecule has 0 aliphatic rings. The number of rotatable bonds is 3. The molecule has 0 fully saturated rings. The molecular weight excluding hydrogens is 280 g/mol. The minimum atomic E-state index is -0.292. The van der Waals surface area contributed by atoms with Crippen LogP contribution in [0, 0.1) is 11.3 Å². The second kappa shape index (κ2) is 5.73. The lowest BCUT2D eigenvalue weighted by Gasteiger charge is -2.03. The number of hydrogen-bond acceptors (Lipinski definition) is 6. The number of thiazole rings is 1. The van der Waals surface area contributed by atoms with Crippen LogP contribution in [0.1, 0.15) is 15.2 Å². The van der Waals surface area contributed by atoms with Gasteiger partial charge in [-0.25, -0.2) is 4.98 Å². The van der Waals surface area contributed by atoms with Gasteiger partial charge in [-0.1, -0.05) is 11.8 Å². The van der Waals surface area contributed by atoms with Crippen LogP contribution in [0.15, 0.2) is 28.6 Å². The van der Waals surface area contributed by atoms with E-state index in [-0.39, 0.29) is 11.7 Å². The van der Waals surface area contributed by atoms with Crippen molar-refractivity contribution in [3.05, 3.63) is 34.7 Å². The number of aromatic nitrogens is 1. The monoisotopic (exact) mass is 290 g/mol. The van der Waals surface area contributed by atoms with E-state index < -0.39 is 0 Å². The van der Waals surface area contributed by atoms with E-state index in [1.807, 2.05) is 12.3 Å². The molecule has 96 valence electrons. The topological polar surface area (TPSA) is 91.8 Å². The van der Waals surface area contributed by atoms with Crippen LogP contribution in [0.5, 0.6) is 0 Å². The number of thioether (sulfide) groups is 1. The summed E-state index contributed by atoms with van der Waals surface area (Å²) in [6.07, 6.45) is 1.88. The first kappa shape index (κ1) is 13.4. The summed E-state index contributed by atoms with van der Waals surface area (Å²) in [5, 5.41) is 11.4. The van der Waals surface area contributed by atoms with Crippen molar-refractivity contribution in [3.63, 3.8) is 0 Å². The first-order valence-corrected chi connectivity index (χ1v) is 7.30. The maximum absolute atomic E-state index is 12.0. The van der Waals surface area contributed by atoms with Gasteiger partial charge >= 0.3 is 0 Å². The third-order valence-electron chi connectivity index (χ3n) is 2.29. The van der Waals surface area contributed by atoms with Crippen LogP contribution >= 0.6 is 23.1 Å². The highest BCUT2D eigenvalue weighted by molar-refractivity contribution is 8.00. The second-order valence-electron chi connectivity index (χ2n) is 3.54. The van der Waals surface area contributed by atoms with Crippen LogP contribution in [0.2, 0.25) is 0 Å². The number of nitrogens with zero attached hydrogens (tertiary/aromatic N) is 2. The van der Waals surface area contributed by atoms with Crippen molar-refractivity contribution in [2.45, 2.75) is 4.34 Å². The van der Waals surface area contributed by atoms with Gasteiger partial charge in [0, 0.05) is 5.69 Å². The van der Waals surface area contributed by atoms with Crippen molar-refractivity contribution in [3.8, 4) is 6.07 Å². The summed E-state index contributed by atoms with van der Waals surface area (Å²) in [6, 6.07) is 8.63. The first-order chi connectivity index (χ1) is 9.13. The van der Waals surface area contributed by atoms with Gasteiger partial charge in [0.2, 0.25) is 0 Å². The van der Waals surface area contributed by atoms with E-state index in [0.29, 0.717) is 16.1 Å². The molecule has 5 nitrogen and oxygen atoms in total. The van der Waals surface area contributed by atoms with Crippen LogP contribution < -0.4 is 11.1 Å². The summed E-state index contributed by atoms with van der Waals surface area (Å²) in [5.41, 5.74) is 6.85. The quantitative estimate of drug-likeness (QED) is 0.848. The number of nitrogens with two attached hydrogens (primary N) is 1. The molecule has 1 heterocycles. The van der Waals surface area contributed by atoms with E-state index in [1.165, 1.54) is 23.1 Å². The highest BCUT2D eigenvalue weighted by atomic mass is 32.2. The lowest BCUT2D eigenvalue weighted by molar-refractivity contribution is 0.103. The Labute approximate surface area is 118 Å². The van der Waals surface area contributed by atoms with E-state index >= 15 is 0 Å². The average Bonchev–Trinajstić information content (AvgIpc) is 2.81. The molecule has 2 rings (SSSR count). The molecule has 3 N–H and O–H groups in total. The smallest absolute Gasteiger partial charge is 0.269 e. The highest BCUT2D eigenvalue weighted by Gasteiger charge is 2.15. The number of hydrogen-bond donors (Lipinski definition) is 2. The molecule has 0 radical (unpaired) electrons. The molecule has 0 aliphatic carbocycles. The predicted molar refractivity (Wildman–Crippen MR) is 77.4 cm³/mol. The maximum Gasteiger partial charge on any atom is 0.269 e. The molecule has 1 aromatic carbocycles. The van der Waals surface area contributed by atoms with Crippen molar-refractivity contribution in [2.75, 3.05) is 17.3 Å². The van der Waals surface area contributed by atoms with Gasteiger partial charge in [0.25, 0.3) is 5.91 Å². The second-order valence-corrected chi connectivity index (χ2v) is 5.59. The van der Waals surface area contributed by atoms with Crippen LogP contribution in [0.3, 0.4) is 0 Å². The molecule has 2 aromatic rings. The van der Waals surface area contributed by atoms with Crippen LogP contribution in [-0.4, -0.2) is 17.1 Å². The molecule has 0 bridgehead atoms. The fourth-order valence-corrected chi connectivity index (χ4v) is 2.76. The molecule has 19 heavy (non-hydrogen) atoms. The highest BCUT2D eigenvalue weighted by Crippen LogP contribution is 2.27. The van der Waals surface area contributed by atoms with Crippen LogP contribution in [-0.2, 0) is 0 Å². The minimum absolute atomic E-state index is 0.237. The summed E-state index contributed by atoms with van der Waals surface area (Å²) >= 11 is 2.70. The Morgan fingerprint density at radius 1 is 1.47 bits per heavy atom. The Morgan fingerprint density at radius 2 is 2.16 bits per heavy atom. The van der Waals surface area contributed by atoms with Crippen molar-refractivity contribution in [1.82, 2.24) is 4.98 Å². The van der Waals surface area contributed by atoms with E-state index in [4.69, 9.17) is 11.0 Å². The lowest BCUT2D eigenvalue weighted by atomic mass is 10.2. The summed E-state index contributed by atoms with van der Waals surface area (Å²) in [7, 11) is 0. The fourth-order valence-electron chi connectivity index (χ4n) is 1.38. The summed E-state index contributed by atoms with van der Waals surface area (Å²) in [4.78, 5) is 16.5. The lowest BCUT2D eigenvalue weighted by Crippen LogP contribution is -2.12. The van der Waals surface area contributed by atoms with Gasteiger partial charge in [-0.15, -0.1) is 11.3 Å². The van der Waals surface area contributed by atoms with Gasteiger partial charge in [-0.3, -0.25) is 4.79 Å². The summed E-state index contributed by atoms with van der Waals surface area (Å²) in [6.45, 7) is 0. The molecule has 0 spiro atoms. The number of nitrogen functional groups attached to an aromatic ring is 1. The zero-order valence-corrected chi connectivity index (χ0v) is 11.6. The molecule has 0 unspecified atom stereocenters. The van der Waals surface area contributed by atoms with Crippen molar-refractivity contribution < 1.29 is 4.79 Å². The van der Waals surface area contributed by atoms with Gasteiger partial charge in [-0.05, 0) is 30.5 Å².